The molecule has 3 rings (SSSR count). The van der Waals surface area contributed by atoms with E-state index < -0.39 is 6.09 Å². The van der Waals surface area contributed by atoms with Crippen LogP contribution < -0.4 is 10.9 Å². The van der Waals surface area contributed by atoms with Crippen molar-refractivity contribution >= 4 is 11.7 Å². The summed E-state index contributed by atoms with van der Waals surface area (Å²) in [6, 6.07) is 0. The molecule has 2 N–H and O–H groups in total. The Labute approximate surface area is 114 Å². The van der Waals surface area contributed by atoms with Crippen molar-refractivity contribution in [2.75, 3.05) is 0 Å². The van der Waals surface area contributed by atoms with E-state index in [1.165, 1.54) is 10.6 Å². The van der Waals surface area contributed by atoms with Crippen molar-refractivity contribution in [3.8, 4) is 0 Å². The first-order chi connectivity index (χ1) is 9.74. The van der Waals surface area contributed by atoms with Crippen molar-refractivity contribution in [2.45, 2.75) is 38.3 Å². The molecule has 0 aromatic carbocycles. The van der Waals surface area contributed by atoms with Gasteiger partial charge in [0.05, 0.1) is 6.54 Å². The van der Waals surface area contributed by atoms with Crippen molar-refractivity contribution in [1.82, 2.24) is 24.9 Å². The first-order valence-electron chi connectivity index (χ1n) is 6.60. The SMILES string of the molecule is O=C(NCc1nnc2c(=O)[nH]ccn12)OC1CCCC1. The monoisotopic (exact) mass is 277 g/mol. The third kappa shape index (κ3) is 2.49. The highest BCUT2D eigenvalue weighted by Gasteiger charge is 2.19. The smallest absolute Gasteiger partial charge is 0.407 e. The minimum Gasteiger partial charge on any atom is -0.446 e. The molecular formula is C12H15N5O3. The number of alkyl carbamates (subject to hydrolysis) is 1. The Morgan fingerprint density at radius 3 is 3.05 bits per heavy atom. The lowest BCUT2D eigenvalue weighted by Crippen LogP contribution is -2.28. The van der Waals surface area contributed by atoms with Crippen LogP contribution in [-0.4, -0.2) is 31.8 Å². The van der Waals surface area contributed by atoms with Crippen LogP contribution in [0.25, 0.3) is 5.65 Å². The van der Waals surface area contributed by atoms with Gasteiger partial charge in [0.15, 0.2) is 5.82 Å². The van der Waals surface area contributed by atoms with E-state index in [0.717, 1.165) is 25.7 Å². The standard InChI is InChI=1S/C12H15N5O3/c18-11-10-16-15-9(17(10)6-5-13-11)7-14-12(19)20-8-3-1-2-4-8/h5-6,8H,1-4,7H2,(H,13,18)(H,14,19). The first kappa shape index (κ1) is 12.6. The van der Waals surface area contributed by atoms with Gasteiger partial charge in [-0.2, -0.15) is 0 Å². The number of nitrogens with zero attached hydrogens (tertiary/aromatic N) is 3. The van der Waals surface area contributed by atoms with Crippen LogP contribution >= 0.6 is 0 Å². The van der Waals surface area contributed by atoms with E-state index in [-0.39, 0.29) is 23.9 Å². The largest absolute Gasteiger partial charge is 0.446 e. The summed E-state index contributed by atoms with van der Waals surface area (Å²) < 4.78 is 6.81. The zero-order valence-corrected chi connectivity index (χ0v) is 10.8. The number of nitrogens with one attached hydrogen (secondary N) is 2. The second kappa shape index (κ2) is 5.32. The Morgan fingerprint density at radius 1 is 1.45 bits per heavy atom. The zero-order valence-electron chi connectivity index (χ0n) is 10.8. The van der Waals surface area contributed by atoms with Gasteiger partial charge in [0.1, 0.15) is 6.10 Å². The maximum absolute atomic E-state index is 11.6. The van der Waals surface area contributed by atoms with Crippen LogP contribution in [0.3, 0.4) is 0 Å². The highest BCUT2D eigenvalue weighted by atomic mass is 16.6. The number of carbonyl (C=O) groups is 1. The Kier molecular flexibility index (Phi) is 3.36. The lowest BCUT2D eigenvalue weighted by Gasteiger charge is -2.11. The fourth-order valence-corrected chi connectivity index (χ4v) is 2.36. The van der Waals surface area contributed by atoms with Crippen molar-refractivity contribution in [1.29, 1.82) is 0 Å². The van der Waals surface area contributed by atoms with Crippen LogP contribution in [0.15, 0.2) is 17.2 Å². The highest BCUT2D eigenvalue weighted by Crippen LogP contribution is 2.20. The summed E-state index contributed by atoms with van der Waals surface area (Å²) in [7, 11) is 0. The summed E-state index contributed by atoms with van der Waals surface area (Å²) in [6.45, 7) is 0.163. The van der Waals surface area contributed by atoms with E-state index in [1.807, 2.05) is 0 Å². The van der Waals surface area contributed by atoms with Gasteiger partial charge in [0.25, 0.3) is 5.56 Å². The Morgan fingerprint density at radius 2 is 2.25 bits per heavy atom. The van der Waals surface area contributed by atoms with Crippen LogP contribution in [0.2, 0.25) is 0 Å². The average Bonchev–Trinajstić information content (AvgIpc) is 3.06. The minimum atomic E-state index is -0.460. The molecule has 0 radical (unpaired) electrons. The van der Waals surface area contributed by atoms with Gasteiger partial charge in [-0.1, -0.05) is 0 Å². The quantitative estimate of drug-likeness (QED) is 0.854. The summed E-state index contributed by atoms with van der Waals surface area (Å²) in [6.07, 6.45) is 6.76. The number of rotatable bonds is 3. The molecule has 2 aromatic heterocycles. The molecule has 2 aromatic rings. The predicted molar refractivity (Wildman–Crippen MR) is 69.2 cm³/mol. The molecule has 0 saturated heterocycles. The number of aromatic nitrogens is 4. The van der Waals surface area contributed by atoms with Crippen molar-refractivity contribution < 1.29 is 9.53 Å². The Hall–Kier alpha value is -2.38. The molecule has 1 fully saturated rings. The lowest BCUT2D eigenvalue weighted by molar-refractivity contribution is 0.100. The molecule has 2 heterocycles. The number of H-pyrrole nitrogens is 1. The molecule has 0 bridgehead atoms. The number of ether oxygens (including phenoxy) is 1. The molecule has 106 valence electrons. The maximum atomic E-state index is 11.6. The number of hydrogen-bond donors (Lipinski definition) is 2. The summed E-state index contributed by atoms with van der Waals surface area (Å²) in [5.41, 5.74) is -0.117. The zero-order chi connectivity index (χ0) is 13.9. The molecule has 0 unspecified atom stereocenters. The first-order valence-corrected chi connectivity index (χ1v) is 6.60. The van der Waals surface area contributed by atoms with E-state index in [1.54, 1.807) is 6.20 Å². The Balaban J connectivity index is 1.63. The molecule has 1 aliphatic carbocycles. The molecule has 0 atom stereocenters. The fourth-order valence-electron chi connectivity index (χ4n) is 2.36. The molecule has 1 aliphatic rings. The minimum absolute atomic E-state index is 0.0213. The van der Waals surface area contributed by atoms with Gasteiger partial charge < -0.3 is 15.0 Å². The van der Waals surface area contributed by atoms with E-state index >= 15 is 0 Å². The van der Waals surface area contributed by atoms with E-state index in [9.17, 15) is 9.59 Å². The Bertz CT molecular complexity index is 671. The summed E-state index contributed by atoms with van der Waals surface area (Å²) in [5, 5.41) is 10.3. The summed E-state index contributed by atoms with van der Waals surface area (Å²) in [5.74, 6) is 0.481. The van der Waals surface area contributed by atoms with E-state index in [2.05, 4.69) is 20.5 Å². The number of carbonyl (C=O) groups excluding carboxylic acids is 1. The van der Waals surface area contributed by atoms with Crippen LogP contribution in [0, 0.1) is 0 Å². The van der Waals surface area contributed by atoms with E-state index in [4.69, 9.17) is 4.74 Å². The summed E-state index contributed by atoms with van der Waals surface area (Å²) in [4.78, 5) is 25.6. The molecule has 20 heavy (non-hydrogen) atoms. The van der Waals surface area contributed by atoms with Gasteiger partial charge in [-0.15, -0.1) is 10.2 Å². The normalized spacial score (nSPS) is 15.6. The van der Waals surface area contributed by atoms with Crippen LogP contribution in [0.1, 0.15) is 31.5 Å². The topological polar surface area (TPSA) is 101 Å². The van der Waals surface area contributed by atoms with Gasteiger partial charge in [0, 0.05) is 12.4 Å². The average molecular weight is 277 g/mol. The van der Waals surface area contributed by atoms with E-state index in [0.29, 0.717) is 5.82 Å². The highest BCUT2D eigenvalue weighted by molar-refractivity contribution is 5.67. The molecule has 8 nitrogen and oxygen atoms in total. The number of hydrogen-bond acceptors (Lipinski definition) is 5. The van der Waals surface area contributed by atoms with Crippen molar-refractivity contribution in [3.05, 3.63) is 28.6 Å². The molecular weight excluding hydrogens is 262 g/mol. The molecule has 1 amide bonds. The van der Waals surface area contributed by atoms with Crippen LogP contribution in [0.5, 0.6) is 0 Å². The van der Waals surface area contributed by atoms with Crippen molar-refractivity contribution in [3.63, 3.8) is 0 Å². The van der Waals surface area contributed by atoms with Crippen LogP contribution in [0.4, 0.5) is 4.79 Å². The number of amides is 1. The van der Waals surface area contributed by atoms with Crippen LogP contribution in [-0.2, 0) is 11.3 Å². The van der Waals surface area contributed by atoms with Gasteiger partial charge in [-0.25, -0.2) is 4.79 Å². The van der Waals surface area contributed by atoms with Gasteiger partial charge in [-0.05, 0) is 25.7 Å². The second-order valence-corrected chi connectivity index (χ2v) is 4.76. The fraction of sp³-hybridized carbons (Fsp3) is 0.500. The van der Waals surface area contributed by atoms with Gasteiger partial charge in [0.2, 0.25) is 5.65 Å². The number of aromatic amines is 1. The molecule has 8 heteroatoms. The predicted octanol–water partition coefficient (Wildman–Crippen LogP) is 0.586. The van der Waals surface area contributed by atoms with Crippen molar-refractivity contribution in [2.24, 2.45) is 0 Å². The molecule has 0 aliphatic heterocycles. The van der Waals surface area contributed by atoms with Gasteiger partial charge >= 0.3 is 6.09 Å². The molecule has 1 saturated carbocycles. The third-order valence-electron chi connectivity index (χ3n) is 3.37. The second-order valence-electron chi connectivity index (χ2n) is 4.76. The maximum Gasteiger partial charge on any atom is 0.407 e. The van der Waals surface area contributed by atoms with Gasteiger partial charge in [-0.3, -0.25) is 9.20 Å². The summed E-state index contributed by atoms with van der Waals surface area (Å²) >= 11 is 0. The number of fused-ring (bicyclic) bond motifs is 1. The third-order valence-corrected chi connectivity index (χ3v) is 3.37. The molecule has 0 spiro atoms. The lowest BCUT2D eigenvalue weighted by atomic mass is 10.3.